The molecule has 0 spiro atoms. The zero-order valence-corrected chi connectivity index (χ0v) is 13.7. The van der Waals surface area contributed by atoms with E-state index in [1.165, 1.54) is 4.88 Å². The maximum absolute atomic E-state index is 12.0. The number of thiazole rings is 1. The number of amides is 2. The van der Waals surface area contributed by atoms with E-state index in [0.717, 1.165) is 22.7 Å². The van der Waals surface area contributed by atoms with Crippen molar-refractivity contribution in [3.8, 4) is 0 Å². The van der Waals surface area contributed by atoms with Crippen molar-refractivity contribution in [3.63, 3.8) is 0 Å². The number of nitrogens with one attached hydrogen (secondary N) is 2. The molecule has 0 radical (unpaired) electrons. The van der Waals surface area contributed by atoms with Crippen molar-refractivity contribution in [1.29, 1.82) is 0 Å². The van der Waals surface area contributed by atoms with Gasteiger partial charge in [0.05, 0.1) is 13.2 Å². The van der Waals surface area contributed by atoms with E-state index >= 15 is 0 Å². The molecule has 1 heterocycles. The monoisotopic (exact) mass is 319 g/mol. The lowest BCUT2D eigenvalue weighted by Crippen LogP contribution is -2.28. The van der Waals surface area contributed by atoms with Gasteiger partial charge in [0.25, 0.3) is 0 Å². The van der Waals surface area contributed by atoms with Crippen molar-refractivity contribution in [2.75, 3.05) is 11.9 Å². The molecule has 2 N–H and O–H groups in total. The average Bonchev–Trinajstić information content (AvgIpc) is 3.00. The minimum atomic E-state index is -0.239. The number of hydrogen-bond acceptors (Lipinski definition) is 4. The molecule has 2 rings (SSSR count). The summed E-state index contributed by atoms with van der Waals surface area (Å²) >= 11 is 1.62. The van der Waals surface area contributed by atoms with Gasteiger partial charge in [0.15, 0.2) is 0 Å². The van der Waals surface area contributed by atoms with Crippen molar-refractivity contribution in [3.05, 3.63) is 45.9 Å². The molecule has 2 aromatic rings. The average molecular weight is 319 g/mol. The fraction of sp³-hybridized carbons (Fsp3) is 0.375. The zero-order valence-electron chi connectivity index (χ0n) is 12.9. The summed E-state index contributed by atoms with van der Waals surface area (Å²) in [5.41, 5.74) is 1.73. The van der Waals surface area contributed by atoms with Gasteiger partial charge in [0.2, 0.25) is 0 Å². The van der Waals surface area contributed by atoms with Crippen LogP contribution in [0.5, 0.6) is 0 Å². The molecule has 0 atom stereocenters. The predicted molar refractivity (Wildman–Crippen MR) is 89.1 cm³/mol. The van der Waals surface area contributed by atoms with E-state index in [9.17, 15) is 4.79 Å². The Morgan fingerprint density at radius 2 is 2.14 bits per heavy atom. The molecule has 0 unspecified atom stereocenters. The molecule has 0 aliphatic carbocycles. The molecule has 1 aromatic carbocycles. The topological polar surface area (TPSA) is 63.2 Å². The summed E-state index contributed by atoms with van der Waals surface area (Å²) in [4.78, 5) is 17.5. The number of aromatic nitrogens is 1. The highest BCUT2D eigenvalue weighted by atomic mass is 32.1. The Hall–Kier alpha value is -1.92. The van der Waals surface area contributed by atoms with Crippen LogP contribution in [0.3, 0.4) is 0 Å². The van der Waals surface area contributed by atoms with Crippen molar-refractivity contribution >= 4 is 23.1 Å². The normalized spacial score (nSPS) is 10.5. The Morgan fingerprint density at radius 1 is 1.32 bits per heavy atom. The van der Waals surface area contributed by atoms with E-state index in [0.29, 0.717) is 19.8 Å². The number of para-hydroxylation sites is 1. The summed E-state index contributed by atoms with van der Waals surface area (Å²) < 4.78 is 5.41. The summed E-state index contributed by atoms with van der Waals surface area (Å²) in [7, 11) is 0. The highest BCUT2D eigenvalue weighted by Crippen LogP contribution is 2.16. The number of nitrogens with zero attached hydrogens (tertiary/aromatic N) is 1. The standard InChI is InChI=1S/C16H21N3O2S/c1-3-13-9-17-15(22-13)10-18-16(20)19-14-8-6-5-7-12(14)11-21-4-2/h5-9H,3-4,10-11H2,1-2H3,(H2,18,19,20). The van der Waals surface area contributed by atoms with Gasteiger partial charge < -0.3 is 15.4 Å². The number of ether oxygens (including phenoxy) is 1. The van der Waals surface area contributed by atoms with Crippen LogP contribution in [0.15, 0.2) is 30.5 Å². The molecule has 0 aliphatic heterocycles. The summed E-state index contributed by atoms with van der Waals surface area (Å²) in [6, 6.07) is 7.39. The highest BCUT2D eigenvalue weighted by Gasteiger charge is 2.07. The Bertz CT molecular complexity index is 613. The predicted octanol–water partition coefficient (Wildman–Crippen LogP) is 3.56. The highest BCUT2D eigenvalue weighted by molar-refractivity contribution is 7.11. The lowest BCUT2D eigenvalue weighted by atomic mass is 10.2. The summed E-state index contributed by atoms with van der Waals surface area (Å²) in [5, 5.41) is 6.59. The largest absolute Gasteiger partial charge is 0.377 e. The van der Waals surface area contributed by atoms with Crippen LogP contribution in [-0.2, 0) is 24.3 Å². The van der Waals surface area contributed by atoms with E-state index in [1.807, 2.05) is 37.4 Å². The number of urea groups is 1. The maximum Gasteiger partial charge on any atom is 0.319 e. The molecular weight excluding hydrogens is 298 g/mol. The van der Waals surface area contributed by atoms with E-state index in [4.69, 9.17) is 4.74 Å². The van der Waals surface area contributed by atoms with Gasteiger partial charge in [-0.05, 0) is 19.4 Å². The van der Waals surface area contributed by atoms with E-state index in [1.54, 1.807) is 11.3 Å². The molecule has 0 saturated carbocycles. The third kappa shape index (κ3) is 4.82. The summed E-state index contributed by atoms with van der Waals surface area (Å²) in [5.74, 6) is 0. The molecule has 0 fully saturated rings. The maximum atomic E-state index is 12.0. The SMILES string of the molecule is CCOCc1ccccc1NC(=O)NCc1ncc(CC)s1. The second-order valence-electron chi connectivity index (χ2n) is 4.68. The van der Waals surface area contributed by atoms with Gasteiger partial charge in [-0.2, -0.15) is 0 Å². The van der Waals surface area contributed by atoms with Gasteiger partial charge in [-0.3, -0.25) is 0 Å². The fourth-order valence-electron chi connectivity index (χ4n) is 1.90. The number of carbonyl (C=O) groups is 1. The molecule has 5 nitrogen and oxygen atoms in total. The van der Waals surface area contributed by atoms with Crippen LogP contribution in [-0.4, -0.2) is 17.6 Å². The van der Waals surface area contributed by atoms with Gasteiger partial charge in [0, 0.05) is 28.9 Å². The van der Waals surface area contributed by atoms with Crippen LogP contribution in [0, 0.1) is 0 Å². The minimum Gasteiger partial charge on any atom is -0.377 e. The van der Waals surface area contributed by atoms with Gasteiger partial charge >= 0.3 is 6.03 Å². The van der Waals surface area contributed by atoms with Crippen LogP contribution < -0.4 is 10.6 Å². The quantitative estimate of drug-likeness (QED) is 0.820. The number of hydrogen-bond donors (Lipinski definition) is 2. The number of aryl methyl sites for hydroxylation is 1. The molecule has 6 heteroatoms. The van der Waals surface area contributed by atoms with Crippen LogP contribution in [0.1, 0.15) is 29.3 Å². The molecule has 118 valence electrons. The Kier molecular flexibility index (Phi) is 6.36. The first kappa shape index (κ1) is 16.5. The second-order valence-corrected chi connectivity index (χ2v) is 5.88. The smallest absolute Gasteiger partial charge is 0.319 e. The number of carbonyl (C=O) groups excluding carboxylic acids is 1. The zero-order chi connectivity index (χ0) is 15.8. The van der Waals surface area contributed by atoms with Crippen molar-refractivity contribution < 1.29 is 9.53 Å². The second kappa shape index (κ2) is 8.51. The van der Waals surface area contributed by atoms with Crippen molar-refractivity contribution in [2.24, 2.45) is 0 Å². The van der Waals surface area contributed by atoms with Crippen LogP contribution >= 0.6 is 11.3 Å². The van der Waals surface area contributed by atoms with Crippen LogP contribution in [0.4, 0.5) is 10.5 Å². The van der Waals surface area contributed by atoms with Crippen LogP contribution in [0.25, 0.3) is 0 Å². The number of rotatable bonds is 7. The Labute approximate surface area is 134 Å². The Balaban J connectivity index is 1.88. The summed E-state index contributed by atoms with van der Waals surface area (Å²) in [6.45, 7) is 5.60. The Morgan fingerprint density at radius 3 is 2.86 bits per heavy atom. The lowest BCUT2D eigenvalue weighted by Gasteiger charge is -2.11. The van der Waals surface area contributed by atoms with Gasteiger partial charge in [-0.1, -0.05) is 25.1 Å². The lowest BCUT2D eigenvalue weighted by molar-refractivity contribution is 0.134. The molecule has 0 bridgehead atoms. The van der Waals surface area contributed by atoms with Gasteiger partial charge in [0.1, 0.15) is 5.01 Å². The summed E-state index contributed by atoms with van der Waals surface area (Å²) in [6.07, 6.45) is 2.83. The van der Waals surface area contributed by atoms with Crippen molar-refractivity contribution in [2.45, 2.75) is 33.4 Å². The minimum absolute atomic E-state index is 0.239. The molecule has 2 amide bonds. The first-order valence-electron chi connectivity index (χ1n) is 7.37. The van der Waals surface area contributed by atoms with Gasteiger partial charge in [-0.15, -0.1) is 11.3 Å². The molecular formula is C16H21N3O2S. The fourth-order valence-corrected chi connectivity index (χ4v) is 2.70. The molecule has 22 heavy (non-hydrogen) atoms. The number of benzene rings is 1. The van der Waals surface area contributed by atoms with E-state index < -0.39 is 0 Å². The third-order valence-corrected chi connectivity index (χ3v) is 4.22. The van der Waals surface area contributed by atoms with Crippen molar-refractivity contribution in [1.82, 2.24) is 10.3 Å². The van der Waals surface area contributed by atoms with Crippen LogP contribution in [0.2, 0.25) is 0 Å². The number of anilines is 1. The van der Waals surface area contributed by atoms with E-state index in [2.05, 4.69) is 22.5 Å². The molecule has 0 aliphatic rings. The first-order valence-corrected chi connectivity index (χ1v) is 8.18. The first-order chi connectivity index (χ1) is 10.7. The van der Waals surface area contributed by atoms with E-state index in [-0.39, 0.29) is 6.03 Å². The van der Waals surface area contributed by atoms with Gasteiger partial charge in [-0.25, -0.2) is 9.78 Å². The third-order valence-electron chi connectivity index (χ3n) is 3.08. The molecule has 0 saturated heterocycles. The molecule has 1 aromatic heterocycles.